The molecule has 0 spiro atoms. The fraction of sp³-hybridized carbons (Fsp3) is 0.667. The number of sulfone groups is 2. The predicted molar refractivity (Wildman–Crippen MR) is 46.2 cm³/mol. The van der Waals surface area contributed by atoms with Crippen molar-refractivity contribution in [2.75, 3.05) is 10.8 Å². The second-order valence-corrected chi connectivity index (χ2v) is 7.45. The molecule has 0 bridgehead atoms. The fourth-order valence-electron chi connectivity index (χ4n) is 1.13. The molecule has 0 aromatic rings. The van der Waals surface area contributed by atoms with E-state index in [4.69, 9.17) is 0 Å². The summed E-state index contributed by atoms with van der Waals surface area (Å²) in [5, 5.41) is -1.53. The Morgan fingerprint density at radius 1 is 1.25 bits per heavy atom. The third-order valence-electron chi connectivity index (χ3n) is 1.63. The van der Waals surface area contributed by atoms with Gasteiger partial charge in [-0.2, -0.15) is 0 Å². The van der Waals surface area contributed by atoms with E-state index in [0.29, 0.717) is 0 Å². The average molecular weight is 210 g/mol. The Kier molecular flexibility index (Phi) is 2.31. The van der Waals surface area contributed by atoms with Gasteiger partial charge in [-0.1, -0.05) is 12.2 Å². The number of hydrogen-bond acceptors (Lipinski definition) is 4. The molecule has 12 heavy (non-hydrogen) atoms. The number of hydrogen-bond donors (Lipinski definition) is 0. The monoisotopic (exact) mass is 210 g/mol. The molecule has 0 saturated carbocycles. The zero-order valence-electron chi connectivity index (χ0n) is 6.60. The highest BCUT2D eigenvalue weighted by Crippen LogP contribution is 2.19. The second kappa shape index (κ2) is 2.85. The maximum absolute atomic E-state index is 11.1. The van der Waals surface area contributed by atoms with Crippen LogP contribution in [0.25, 0.3) is 0 Å². The lowest BCUT2D eigenvalue weighted by Crippen LogP contribution is -2.14. The maximum atomic E-state index is 11.1. The van der Waals surface area contributed by atoms with Gasteiger partial charge in [-0.25, -0.2) is 16.8 Å². The predicted octanol–water partition coefficient (Wildman–Crippen LogP) is -0.268. The first-order chi connectivity index (χ1) is 5.37. The molecule has 0 N–H and O–H groups in total. The highest BCUT2D eigenvalue weighted by molar-refractivity contribution is 8.11. The van der Waals surface area contributed by atoms with Crippen molar-refractivity contribution in [3.8, 4) is 0 Å². The van der Waals surface area contributed by atoms with Gasteiger partial charge < -0.3 is 0 Å². The van der Waals surface area contributed by atoms with Crippen LogP contribution in [0.2, 0.25) is 0 Å². The Morgan fingerprint density at radius 3 is 2.17 bits per heavy atom. The summed E-state index contributed by atoms with van der Waals surface area (Å²) in [7, 11) is -6.80. The molecule has 0 radical (unpaired) electrons. The van der Waals surface area contributed by atoms with Gasteiger partial charge in [-0.05, 0) is 6.92 Å². The molecular formula is C6H10O4S2. The molecule has 1 saturated heterocycles. The zero-order chi connectivity index (χ0) is 9.41. The summed E-state index contributed by atoms with van der Waals surface area (Å²) in [5.74, 6) is -0.264. The summed E-state index contributed by atoms with van der Waals surface area (Å²) in [6.07, 6.45) is 2.98. The van der Waals surface area contributed by atoms with Crippen molar-refractivity contribution >= 4 is 19.7 Å². The first-order valence-electron chi connectivity index (χ1n) is 3.42. The van der Waals surface area contributed by atoms with Crippen molar-refractivity contribution in [1.29, 1.82) is 0 Å². The quantitative estimate of drug-likeness (QED) is 0.559. The van der Waals surface area contributed by atoms with Crippen LogP contribution in [0, 0.1) is 0 Å². The minimum Gasteiger partial charge on any atom is -0.228 e. The van der Waals surface area contributed by atoms with E-state index in [-0.39, 0.29) is 5.75 Å². The van der Waals surface area contributed by atoms with Crippen LogP contribution in [-0.4, -0.2) is 32.9 Å². The van der Waals surface area contributed by atoms with Crippen LogP contribution in [0.3, 0.4) is 0 Å². The zero-order valence-corrected chi connectivity index (χ0v) is 8.23. The molecule has 1 rings (SSSR count). The fourth-order valence-corrected chi connectivity index (χ4v) is 6.68. The van der Waals surface area contributed by atoms with E-state index in [1.54, 1.807) is 13.0 Å². The van der Waals surface area contributed by atoms with Gasteiger partial charge in [0, 0.05) is 0 Å². The molecule has 1 atom stereocenters. The van der Waals surface area contributed by atoms with Gasteiger partial charge in [-0.3, -0.25) is 0 Å². The first kappa shape index (κ1) is 9.73. The molecule has 1 unspecified atom stereocenters. The van der Waals surface area contributed by atoms with E-state index in [1.807, 2.05) is 0 Å². The van der Waals surface area contributed by atoms with E-state index in [9.17, 15) is 16.8 Å². The largest absolute Gasteiger partial charge is 0.228 e. The minimum absolute atomic E-state index is 0.264. The minimum atomic E-state index is -3.43. The van der Waals surface area contributed by atoms with Crippen molar-refractivity contribution in [3.63, 3.8) is 0 Å². The van der Waals surface area contributed by atoms with Gasteiger partial charge in [0.2, 0.25) is 0 Å². The molecule has 4 nitrogen and oxygen atoms in total. The Balaban J connectivity index is 3.09. The van der Waals surface area contributed by atoms with Crippen LogP contribution >= 0.6 is 0 Å². The van der Waals surface area contributed by atoms with Crippen LogP contribution < -0.4 is 0 Å². The van der Waals surface area contributed by atoms with Crippen molar-refractivity contribution in [3.05, 3.63) is 12.2 Å². The van der Waals surface area contributed by atoms with Crippen LogP contribution in [0.1, 0.15) is 6.92 Å². The maximum Gasteiger partial charge on any atom is 0.172 e. The van der Waals surface area contributed by atoms with Gasteiger partial charge in [0.05, 0.1) is 11.0 Å². The molecule has 1 aliphatic heterocycles. The molecule has 1 fully saturated rings. The van der Waals surface area contributed by atoms with Gasteiger partial charge in [0.15, 0.2) is 24.8 Å². The molecular weight excluding hydrogens is 200 g/mol. The molecule has 1 aliphatic rings. The molecule has 0 aromatic heterocycles. The Labute approximate surface area is 72.1 Å². The smallest absolute Gasteiger partial charge is 0.172 e. The lowest BCUT2D eigenvalue weighted by atomic mass is 10.4. The topological polar surface area (TPSA) is 68.3 Å². The third kappa shape index (κ3) is 1.87. The molecule has 6 heteroatoms. The lowest BCUT2D eigenvalue weighted by molar-refractivity contribution is 0.598. The summed E-state index contributed by atoms with van der Waals surface area (Å²) < 4.78 is 44.1. The summed E-state index contributed by atoms with van der Waals surface area (Å²) >= 11 is 0. The summed E-state index contributed by atoms with van der Waals surface area (Å²) in [6, 6.07) is 0. The average Bonchev–Trinajstić information content (AvgIpc) is 2.01. The van der Waals surface area contributed by atoms with Crippen molar-refractivity contribution in [1.82, 2.24) is 0 Å². The van der Waals surface area contributed by atoms with Crippen LogP contribution in [-0.2, 0) is 19.7 Å². The normalized spacial score (nSPS) is 32.6. The molecule has 70 valence electrons. The van der Waals surface area contributed by atoms with Crippen LogP contribution in [0.15, 0.2) is 12.2 Å². The second-order valence-electron chi connectivity index (χ2n) is 2.76. The van der Waals surface area contributed by atoms with Crippen molar-refractivity contribution in [2.45, 2.75) is 12.2 Å². The van der Waals surface area contributed by atoms with Gasteiger partial charge in [-0.15, -0.1) is 0 Å². The SMILES string of the molecule is CC=CC1CS(=O)(=O)CS1(=O)=O. The first-order valence-corrected chi connectivity index (χ1v) is 6.96. The molecule has 0 aromatic carbocycles. The Hall–Kier alpha value is -0.360. The lowest BCUT2D eigenvalue weighted by Gasteiger charge is -1.97. The molecule has 0 aliphatic carbocycles. The van der Waals surface area contributed by atoms with E-state index >= 15 is 0 Å². The summed E-state index contributed by atoms with van der Waals surface area (Å²) in [4.78, 5) is 0. The number of rotatable bonds is 1. The Bertz CT molecular complexity index is 387. The van der Waals surface area contributed by atoms with E-state index in [0.717, 1.165) is 0 Å². The molecule has 1 heterocycles. The summed E-state index contributed by atoms with van der Waals surface area (Å²) in [5.41, 5.74) is 0. The van der Waals surface area contributed by atoms with E-state index < -0.39 is 30.0 Å². The van der Waals surface area contributed by atoms with Gasteiger partial charge in [0.1, 0.15) is 0 Å². The standard InChI is InChI=1S/C6H10O4S2/c1-2-3-6-4-11(7,8)5-12(6,9)10/h2-3,6H,4-5H2,1H3. The molecule has 0 amide bonds. The highest BCUT2D eigenvalue weighted by Gasteiger charge is 2.39. The van der Waals surface area contributed by atoms with Gasteiger partial charge >= 0.3 is 0 Å². The van der Waals surface area contributed by atoms with Crippen LogP contribution in [0.4, 0.5) is 0 Å². The third-order valence-corrected chi connectivity index (χ3v) is 6.71. The van der Waals surface area contributed by atoms with Crippen molar-refractivity contribution < 1.29 is 16.8 Å². The van der Waals surface area contributed by atoms with E-state index in [2.05, 4.69) is 0 Å². The number of allylic oxidation sites excluding steroid dienone is 1. The van der Waals surface area contributed by atoms with Crippen LogP contribution in [0.5, 0.6) is 0 Å². The Morgan fingerprint density at radius 2 is 1.83 bits per heavy atom. The highest BCUT2D eigenvalue weighted by atomic mass is 32.3. The van der Waals surface area contributed by atoms with E-state index in [1.165, 1.54) is 6.08 Å². The van der Waals surface area contributed by atoms with Gasteiger partial charge in [0.25, 0.3) is 0 Å². The summed E-state index contributed by atoms with van der Waals surface area (Å²) in [6.45, 7) is 1.67. The van der Waals surface area contributed by atoms with Crippen molar-refractivity contribution in [2.24, 2.45) is 0 Å².